The Morgan fingerprint density at radius 3 is 2.92 bits per heavy atom. The summed E-state index contributed by atoms with van der Waals surface area (Å²) < 4.78 is 13.9. The predicted molar refractivity (Wildman–Crippen MR) is 91.7 cm³/mol. The van der Waals surface area contributed by atoms with Crippen molar-refractivity contribution in [2.24, 2.45) is 0 Å². The van der Waals surface area contributed by atoms with Crippen LogP contribution < -0.4 is 5.32 Å². The second kappa shape index (κ2) is 7.20. The molecule has 4 nitrogen and oxygen atoms in total. The Hall–Kier alpha value is -2.11. The lowest BCUT2D eigenvalue weighted by molar-refractivity contribution is 0.162. The van der Waals surface area contributed by atoms with Crippen LogP contribution in [-0.2, 0) is 6.42 Å². The molecule has 0 bridgehead atoms. The van der Waals surface area contributed by atoms with E-state index in [1.807, 2.05) is 24.3 Å². The van der Waals surface area contributed by atoms with Crippen LogP contribution in [0.15, 0.2) is 42.5 Å². The Bertz CT molecular complexity index is 754. The molecular weight excluding hydrogens is 331 g/mol. The van der Waals surface area contributed by atoms with E-state index in [2.05, 4.69) is 5.32 Å². The van der Waals surface area contributed by atoms with E-state index in [0.29, 0.717) is 5.02 Å². The lowest BCUT2D eigenvalue weighted by atomic mass is 10.1. The van der Waals surface area contributed by atoms with Crippen LogP contribution in [0, 0.1) is 5.82 Å². The summed E-state index contributed by atoms with van der Waals surface area (Å²) in [7, 11) is 0. The van der Waals surface area contributed by atoms with Crippen molar-refractivity contribution in [2.75, 3.05) is 18.5 Å². The van der Waals surface area contributed by atoms with Gasteiger partial charge in [-0.15, -0.1) is 0 Å². The van der Waals surface area contributed by atoms with E-state index in [1.165, 1.54) is 23.8 Å². The number of aryl methyl sites for hydroxylation is 1. The zero-order valence-electron chi connectivity index (χ0n) is 13.0. The summed E-state index contributed by atoms with van der Waals surface area (Å²) in [6.07, 6.45) is 1.66. The van der Waals surface area contributed by atoms with Gasteiger partial charge in [-0.1, -0.05) is 35.9 Å². The molecule has 0 radical (unpaired) electrons. The van der Waals surface area contributed by atoms with Crippen LogP contribution in [0.25, 0.3) is 0 Å². The number of rotatable bonds is 4. The molecule has 126 valence electrons. The molecule has 0 aliphatic heterocycles. The smallest absolute Gasteiger partial charge is 0.322 e. The van der Waals surface area contributed by atoms with Crippen molar-refractivity contribution in [3.05, 3.63) is 64.4 Å². The molecule has 2 aromatic rings. The first-order valence-corrected chi connectivity index (χ1v) is 8.19. The van der Waals surface area contributed by atoms with Crippen LogP contribution in [0.1, 0.15) is 23.6 Å². The molecule has 1 atom stereocenters. The molecule has 0 saturated carbocycles. The fraction of sp³-hybridized carbons (Fsp3) is 0.278. The maximum Gasteiger partial charge on any atom is 0.322 e. The van der Waals surface area contributed by atoms with Crippen molar-refractivity contribution in [3.8, 4) is 0 Å². The number of nitrogens with one attached hydrogen (secondary N) is 1. The van der Waals surface area contributed by atoms with Gasteiger partial charge < -0.3 is 15.3 Å². The topological polar surface area (TPSA) is 52.6 Å². The first-order valence-electron chi connectivity index (χ1n) is 7.81. The number of carbonyl (C=O) groups excluding carboxylic acids is 1. The molecule has 0 fully saturated rings. The molecule has 0 spiro atoms. The number of carbonyl (C=O) groups is 1. The van der Waals surface area contributed by atoms with Crippen molar-refractivity contribution in [1.82, 2.24) is 4.90 Å². The molecule has 2 amide bonds. The number of amides is 2. The third-order valence-corrected chi connectivity index (χ3v) is 4.48. The number of fused-ring (bicyclic) bond motifs is 1. The number of halogens is 2. The summed E-state index contributed by atoms with van der Waals surface area (Å²) >= 11 is 5.86. The third-order valence-electron chi connectivity index (χ3n) is 4.25. The summed E-state index contributed by atoms with van der Waals surface area (Å²) in [6.45, 7) is 0.0110. The molecule has 0 aromatic heterocycles. The number of anilines is 1. The van der Waals surface area contributed by atoms with Crippen LogP contribution in [0.2, 0.25) is 5.02 Å². The van der Waals surface area contributed by atoms with Gasteiger partial charge in [0.05, 0.1) is 18.3 Å². The molecule has 0 heterocycles. The summed E-state index contributed by atoms with van der Waals surface area (Å²) in [4.78, 5) is 14.2. The van der Waals surface area contributed by atoms with Crippen molar-refractivity contribution in [1.29, 1.82) is 0 Å². The van der Waals surface area contributed by atoms with E-state index < -0.39 is 11.8 Å². The standard InChI is InChI=1S/C18H18ClFN2O2/c19-13-6-7-15(20)16(11-13)21-18(24)22(9-10-23)17-8-5-12-3-1-2-4-14(12)17/h1-4,6-7,11,17,23H,5,8-10H2,(H,21,24). The van der Waals surface area contributed by atoms with E-state index >= 15 is 0 Å². The van der Waals surface area contributed by atoms with Gasteiger partial charge >= 0.3 is 6.03 Å². The van der Waals surface area contributed by atoms with Crippen molar-refractivity contribution in [3.63, 3.8) is 0 Å². The zero-order chi connectivity index (χ0) is 17.1. The van der Waals surface area contributed by atoms with Crippen LogP contribution in [0.4, 0.5) is 14.9 Å². The number of hydrogen-bond acceptors (Lipinski definition) is 2. The minimum atomic E-state index is -0.552. The van der Waals surface area contributed by atoms with E-state index in [4.69, 9.17) is 11.6 Å². The van der Waals surface area contributed by atoms with Crippen LogP contribution in [0.3, 0.4) is 0 Å². The van der Waals surface area contributed by atoms with Crippen molar-refractivity contribution in [2.45, 2.75) is 18.9 Å². The normalized spacial score (nSPS) is 15.9. The van der Waals surface area contributed by atoms with Gasteiger partial charge in [0, 0.05) is 11.6 Å². The number of aliphatic hydroxyl groups excluding tert-OH is 1. The minimum absolute atomic E-state index is 0.0294. The van der Waals surface area contributed by atoms with Gasteiger partial charge in [0.15, 0.2) is 0 Å². The van der Waals surface area contributed by atoms with Gasteiger partial charge in [-0.2, -0.15) is 0 Å². The average Bonchev–Trinajstić information content (AvgIpc) is 2.99. The Kier molecular flexibility index (Phi) is 5.02. The van der Waals surface area contributed by atoms with Gasteiger partial charge in [-0.25, -0.2) is 9.18 Å². The SMILES string of the molecule is O=C(Nc1cc(Cl)ccc1F)N(CCO)C1CCc2ccccc21. The Morgan fingerprint density at radius 1 is 1.33 bits per heavy atom. The highest BCUT2D eigenvalue weighted by Gasteiger charge is 2.30. The molecule has 1 unspecified atom stereocenters. The lowest BCUT2D eigenvalue weighted by Crippen LogP contribution is -2.39. The number of benzene rings is 2. The number of urea groups is 1. The summed E-state index contributed by atoms with van der Waals surface area (Å²) in [5.74, 6) is -0.552. The zero-order valence-corrected chi connectivity index (χ0v) is 13.8. The van der Waals surface area contributed by atoms with Gasteiger partial charge in [-0.3, -0.25) is 0 Å². The van der Waals surface area contributed by atoms with E-state index in [-0.39, 0.29) is 24.9 Å². The van der Waals surface area contributed by atoms with Crippen molar-refractivity contribution >= 4 is 23.3 Å². The Balaban J connectivity index is 1.83. The second-order valence-electron chi connectivity index (χ2n) is 5.72. The quantitative estimate of drug-likeness (QED) is 0.877. The lowest BCUT2D eigenvalue weighted by Gasteiger charge is -2.29. The number of hydrogen-bond donors (Lipinski definition) is 2. The highest BCUT2D eigenvalue weighted by atomic mass is 35.5. The molecule has 0 saturated heterocycles. The molecule has 6 heteroatoms. The van der Waals surface area contributed by atoms with Gasteiger partial charge in [0.25, 0.3) is 0 Å². The minimum Gasteiger partial charge on any atom is -0.395 e. The maximum absolute atomic E-state index is 13.9. The Labute approximate surface area is 144 Å². The first-order chi connectivity index (χ1) is 11.6. The van der Waals surface area contributed by atoms with E-state index in [9.17, 15) is 14.3 Å². The van der Waals surface area contributed by atoms with Crippen LogP contribution >= 0.6 is 11.6 Å². The van der Waals surface area contributed by atoms with E-state index in [1.54, 1.807) is 4.90 Å². The molecule has 3 rings (SSSR count). The largest absolute Gasteiger partial charge is 0.395 e. The summed E-state index contributed by atoms with van der Waals surface area (Å²) in [6, 6.07) is 11.4. The van der Waals surface area contributed by atoms with Crippen molar-refractivity contribution < 1.29 is 14.3 Å². The van der Waals surface area contributed by atoms with Crippen LogP contribution in [-0.4, -0.2) is 29.2 Å². The molecule has 1 aliphatic rings. The molecule has 24 heavy (non-hydrogen) atoms. The fourth-order valence-electron chi connectivity index (χ4n) is 3.15. The van der Waals surface area contributed by atoms with Gasteiger partial charge in [-0.05, 0) is 42.2 Å². The summed E-state index contributed by atoms with van der Waals surface area (Å²) in [5, 5.41) is 12.2. The highest BCUT2D eigenvalue weighted by Crippen LogP contribution is 2.36. The molecule has 2 aromatic carbocycles. The van der Waals surface area contributed by atoms with Gasteiger partial charge in [0.2, 0.25) is 0 Å². The summed E-state index contributed by atoms with van der Waals surface area (Å²) in [5.41, 5.74) is 2.31. The molecule has 2 N–H and O–H groups in total. The molecular formula is C18H18ClFN2O2. The first kappa shape index (κ1) is 16.7. The fourth-order valence-corrected chi connectivity index (χ4v) is 3.32. The van der Waals surface area contributed by atoms with E-state index in [0.717, 1.165) is 18.4 Å². The highest BCUT2D eigenvalue weighted by molar-refractivity contribution is 6.30. The monoisotopic (exact) mass is 348 g/mol. The number of nitrogens with zero attached hydrogens (tertiary/aromatic N) is 1. The van der Waals surface area contributed by atoms with Crippen LogP contribution in [0.5, 0.6) is 0 Å². The predicted octanol–water partition coefficient (Wildman–Crippen LogP) is 3.99. The second-order valence-corrected chi connectivity index (χ2v) is 6.16. The van der Waals surface area contributed by atoms with Gasteiger partial charge in [0.1, 0.15) is 5.82 Å². The Morgan fingerprint density at radius 2 is 2.12 bits per heavy atom. The number of aliphatic hydroxyl groups is 1. The molecule has 1 aliphatic carbocycles. The third kappa shape index (κ3) is 3.37. The average molecular weight is 349 g/mol. The maximum atomic E-state index is 13.9.